The SMILES string of the molecule is CCCCCC/C=C\CCCCCCCC(=O)OCC(COP(=O)(O)OC)OC(=O)CCCCCCC/C=C\CCCCCC. The first kappa shape index (κ1) is 43.5. The highest BCUT2D eigenvalue weighted by Gasteiger charge is 2.24. The molecule has 0 radical (unpaired) electrons. The molecule has 264 valence electrons. The van der Waals surface area contributed by atoms with Crippen molar-refractivity contribution in [1.82, 2.24) is 0 Å². The summed E-state index contributed by atoms with van der Waals surface area (Å²) in [6, 6.07) is 0. The average molecular weight is 659 g/mol. The molecule has 2 unspecified atom stereocenters. The third-order valence-corrected chi connectivity index (χ3v) is 8.60. The van der Waals surface area contributed by atoms with E-state index in [1.165, 1.54) is 64.2 Å². The van der Waals surface area contributed by atoms with Crippen LogP contribution >= 0.6 is 7.82 Å². The molecule has 8 nitrogen and oxygen atoms in total. The molecule has 0 fully saturated rings. The largest absolute Gasteiger partial charge is 0.472 e. The summed E-state index contributed by atoms with van der Waals surface area (Å²) in [5, 5.41) is 0. The van der Waals surface area contributed by atoms with Gasteiger partial charge < -0.3 is 14.4 Å². The van der Waals surface area contributed by atoms with Gasteiger partial charge in [0.15, 0.2) is 6.10 Å². The standard InChI is InChI=1S/C36H67O8P/c1-4-6-8-10-12-14-16-18-20-22-24-26-28-30-35(37)42-32-34(33-43-45(39,40)41-3)44-36(38)31-29-27-25-23-21-19-17-15-13-11-9-7-5-2/h14-17,34H,4-13,18-33H2,1-3H3,(H,39,40)/b16-14-,17-15-. The van der Waals surface area contributed by atoms with Crippen LogP contribution in [0.3, 0.4) is 0 Å². The predicted molar refractivity (Wildman–Crippen MR) is 184 cm³/mol. The Bertz CT molecular complexity index is 798. The van der Waals surface area contributed by atoms with Crippen LogP contribution in [0.1, 0.15) is 168 Å². The number of carbonyl (C=O) groups is 2. The van der Waals surface area contributed by atoms with Crippen LogP contribution in [0.4, 0.5) is 0 Å². The quantitative estimate of drug-likeness (QED) is 0.0321. The lowest BCUT2D eigenvalue weighted by Crippen LogP contribution is -2.29. The Morgan fingerprint density at radius 2 is 1.00 bits per heavy atom. The highest BCUT2D eigenvalue weighted by molar-refractivity contribution is 7.47. The highest BCUT2D eigenvalue weighted by atomic mass is 31.2. The van der Waals surface area contributed by atoms with Gasteiger partial charge in [-0.3, -0.25) is 18.6 Å². The fourth-order valence-electron chi connectivity index (χ4n) is 4.82. The van der Waals surface area contributed by atoms with E-state index in [9.17, 15) is 19.0 Å². The van der Waals surface area contributed by atoms with Crippen molar-refractivity contribution in [3.63, 3.8) is 0 Å². The maximum absolute atomic E-state index is 12.4. The number of phosphoric ester groups is 1. The fourth-order valence-corrected chi connectivity index (χ4v) is 5.28. The van der Waals surface area contributed by atoms with E-state index in [0.717, 1.165) is 77.7 Å². The van der Waals surface area contributed by atoms with Gasteiger partial charge >= 0.3 is 19.8 Å². The Labute approximate surface area is 275 Å². The summed E-state index contributed by atoms with van der Waals surface area (Å²) in [6.07, 6.45) is 33.7. The lowest BCUT2D eigenvalue weighted by atomic mass is 10.1. The normalized spacial score (nSPS) is 13.8. The molecular weight excluding hydrogens is 591 g/mol. The molecule has 0 saturated carbocycles. The Morgan fingerprint density at radius 1 is 0.600 bits per heavy atom. The summed E-state index contributed by atoms with van der Waals surface area (Å²) < 4.78 is 31.8. The molecule has 0 aromatic rings. The molecule has 0 aliphatic heterocycles. The summed E-state index contributed by atoms with van der Waals surface area (Å²) in [5.41, 5.74) is 0. The van der Waals surface area contributed by atoms with Crippen LogP contribution in [-0.2, 0) is 32.7 Å². The van der Waals surface area contributed by atoms with Crippen LogP contribution in [0.25, 0.3) is 0 Å². The molecule has 1 N–H and O–H groups in total. The van der Waals surface area contributed by atoms with Gasteiger partial charge in [0.2, 0.25) is 0 Å². The second-order valence-electron chi connectivity index (χ2n) is 12.0. The van der Waals surface area contributed by atoms with Crippen molar-refractivity contribution in [3.05, 3.63) is 24.3 Å². The van der Waals surface area contributed by atoms with E-state index >= 15 is 0 Å². The van der Waals surface area contributed by atoms with Crippen LogP contribution in [0.5, 0.6) is 0 Å². The Hall–Kier alpha value is -1.47. The first-order chi connectivity index (χ1) is 21.8. The number of hydrogen-bond acceptors (Lipinski definition) is 7. The van der Waals surface area contributed by atoms with E-state index in [-0.39, 0.29) is 25.4 Å². The zero-order chi connectivity index (χ0) is 33.3. The third-order valence-electron chi connectivity index (χ3n) is 7.67. The summed E-state index contributed by atoms with van der Waals surface area (Å²) in [4.78, 5) is 34.2. The Kier molecular flexibility index (Phi) is 31.4. The minimum absolute atomic E-state index is 0.231. The maximum Gasteiger partial charge on any atom is 0.472 e. The maximum atomic E-state index is 12.4. The van der Waals surface area contributed by atoms with Gasteiger partial charge in [-0.25, -0.2) is 4.57 Å². The first-order valence-electron chi connectivity index (χ1n) is 18.0. The van der Waals surface area contributed by atoms with Crippen molar-refractivity contribution in [1.29, 1.82) is 0 Å². The smallest absolute Gasteiger partial charge is 0.462 e. The van der Waals surface area contributed by atoms with Crippen molar-refractivity contribution in [2.75, 3.05) is 20.3 Å². The second kappa shape index (κ2) is 32.5. The zero-order valence-electron chi connectivity index (χ0n) is 29.0. The van der Waals surface area contributed by atoms with E-state index in [0.29, 0.717) is 6.42 Å². The second-order valence-corrected chi connectivity index (χ2v) is 13.6. The van der Waals surface area contributed by atoms with Gasteiger partial charge in [0, 0.05) is 20.0 Å². The van der Waals surface area contributed by atoms with E-state index in [2.05, 4.69) is 42.7 Å². The van der Waals surface area contributed by atoms with Crippen molar-refractivity contribution in [2.45, 2.75) is 174 Å². The van der Waals surface area contributed by atoms with Crippen LogP contribution in [0.2, 0.25) is 0 Å². The Balaban J connectivity index is 4.11. The van der Waals surface area contributed by atoms with Crippen LogP contribution in [-0.4, -0.2) is 43.3 Å². The lowest BCUT2D eigenvalue weighted by molar-refractivity contribution is -0.161. The average Bonchev–Trinajstić information content (AvgIpc) is 3.03. The lowest BCUT2D eigenvalue weighted by Gasteiger charge is -2.19. The van der Waals surface area contributed by atoms with Gasteiger partial charge in [-0.15, -0.1) is 0 Å². The van der Waals surface area contributed by atoms with Gasteiger partial charge in [-0.1, -0.05) is 115 Å². The molecule has 2 atom stereocenters. The van der Waals surface area contributed by atoms with Gasteiger partial charge in [0.1, 0.15) is 6.61 Å². The fraction of sp³-hybridized carbons (Fsp3) is 0.833. The number of phosphoric acid groups is 1. The molecule has 0 saturated heterocycles. The van der Waals surface area contributed by atoms with Crippen LogP contribution in [0.15, 0.2) is 24.3 Å². The summed E-state index contributed by atoms with van der Waals surface area (Å²) >= 11 is 0. The summed E-state index contributed by atoms with van der Waals surface area (Å²) in [6.45, 7) is 3.82. The molecule has 0 bridgehead atoms. The molecule has 0 aliphatic carbocycles. The molecule has 45 heavy (non-hydrogen) atoms. The van der Waals surface area contributed by atoms with Crippen molar-refractivity contribution >= 4 is 19.8 Å². The number of esters is 2. The minimum Gasteiger partial charge on any atom is -0.462 e. The van der Waals surface area contributed by atoms with E-state index < -0.39 is 26.5 Å². The monoisotopic (exact) mass is 658 g/mol. The van der Waals surface area contributed by atoms with Gasteiger partial charge in [0.05, 0.1) is 6.61 Å². The van der Waals surface area contributed by atoms with Crippen LogP contribution in [0, 0.1) is 0 Å². The molecule has 0 spiro atoms. The van der Waals surface area contributed by atoms with E-state index in [1.807, 2.05) is 0 Å². The zero-order valence-corrected chi connectivity index (χ0v) is 29.9. The molecule has 0 heterocycles. The predicted octanol–water partition coefficient (Wildman–Crippen LogP) is 10.7. The van der Waals surface area contributed by atoms with Crippen molar-refractivity contribution in [2.24, 2.45) is 0 Å². The first-order valence-corrected chi connectivity index (χ1v) is 19.5. The van der Waals surface area contributed by atoms with E-state index in [1.54, 1.807) is 0 Å². The topological polar surface area (TPSA) is 108 Å². The molecule has 0 aromatic heterocycles. The molecule has 0 aliphatic rings. The van der Waals surface area contributed by atoms with Gasteiger partial charge in [-0.05, 0) is 64.2 Å². The van der Waals surface area contributed by atoms with Crippen molar-refractivity contribution < 1.29 is 37.6 Å². The molecule has 0 aromatic carbocycles. The summed E-state index contributed by atoms with van der Waals surface area (Å²) in [7, 11) is -3.20. The van der Waals surface area contributed by atoms with Crippen LogP contribution < -0.4 is 0 Å². The summed E-state index contributed by atoms with van der Waals surface area (Å²) in [5.74, 6) is -0.825. The Morgan fingerprint density at radius 3 is 1.44 bits per heavy atom. The number of ether oxygens (including phenoxy) is 2. The van der Waals surface area contributed by atoms with Crippen molar-refractivity contribution in [3.8, 4) is 0 Å². The minimum atomic E-state index is -4.25. The van der Waals surface area contributed by atoms with Gasteiger partial charge in [-0.2, -0.15) is 0 Å². The molecule has 0 rings (SSSR count). The highest BCUT2D eigenvalue weighted by Crippen LogP contribution is 2.42. The molecule has 0 amide bonds. The van der Waals surface area contributed by atoms with E-state index in [4.69, 9.17) is 14.0 Å². The number of rotatable bonds is 33. The third kappa shape index (κ3) is 32.3. The number of hydrogen-bond donors (Lipinski definition) is 1. The number of carbonyl (C=O) groups excluding carboxylic acids is 2. The number of unbranched alkanes of at least 4 members (excludes halogenated alkanes) is 18. The molecule has 9 heteroatoms. The van der Waals surface area contributed by atoms with Gasteiger partial charge in [0.25, 0.3) is 0 Å². The number of allylic oxidation sites excluding steroid dienone is 4. The molecular formula is C36H67O8P.